The summed E-state index contributed by atoms with van der Waals surface area (Å²) in [6, 6.07) is 5.76. The van der Waals surface area contributed by atoms with Gasteiger partial charge in [-0.05, 0) is 65.9 Å². The van der Waals surface area contributed by atoms with Crippen LogP contribution in [0.3, 0.4) is 0 Å². The van der Waals surface area contributed by atoms with Crippen molar-refractivity contribution in [3.8, 4) is 17.6 Å². The molecule has 1 aliphatic carbocycles. The van der Waals surface area contributed by atoms with E-state index >= 15 is 0 Å². The van der Waals surface area contributed by atoms with Crippen LogP contribution in [0.25, 0.3) is 6.08 Å². The second kappa shape index (κ2) is 9.63. The minimum absolute atomic E-state index is 0.0495. The van der Waals surface area contributed by atoms with Crippen LogP contribution in [-0.2, 0) is 4.79 Å². The number of methoxy groups -OCH3 is 1. The number of carbonyl (C=O) groups excluding carboxylic acids is 1. The van der Waals surface area contributed by atoms with Crippen LogP contribution in [0.5, 0.6) is 11.5 Å². The molecule has 0 spiro atoms. The van der Waals surface area contributed by atoms with Crippen molar-refractivity contribution in [2.45, 2.75) is 58.1 Å². The predicted molar refractivity (Wildman–Crippen MR) is 105 cm³/mol. The second-order valence-electron chi connectivity index (χ2n) is 6.50. The molecule has 1 aromatic carbocycles. The standard InChI is InChI=1S/C20H25BrN2O3/c1-4-13(2)26-19-17(21)10-14(11-18(19)25-3)9-15(12-22)20(24)23-16-7-5-6-8-16/h9-11,13,16H,4-8H2,1-3H3,(H,23,24)/b15-9-/t13-/m1/s1. The third-order valence-corrected chi connectivity index (χ3v) is 5.10. The van der Waals surface area contributed by atoms with E-state index in [9.17, 15) is 10.1 Å². The lowest BCUT2D eigenvalue weighted by Gasteiger charge is -2.17. The van der Waals surface area contributed by atoms with E-state index in [4.69, 9.17) is 9.47 Å². The van der Waals surface area contributed by atoms with Gasteiger partial charge in [0, 0.05) is 6.04 Å². The Bertz CT molecular complexity index is 719. The number of benzene rings is 1. The van der Waals surface area contributed by atoms with E-state index in [1.807, 2.05) is 26.0 Å². The van der Waals surface area contributed by atoms with Crippen LogP contribution in [0, 0.1) is 11.3 Å². The number of halogens is 1. The fourth-order valence-electron chi connectivity index (χ4n) is 2.87. The molecule has 1 atom stereocenters. The molecule has 26 heavy (non-hydrogen) atoms. The van der Waals surface area contributed by atoms with Crippen molar-refractivity contribution in [1.29, 1.82) is 5.26 Å². The first-order valence-electron chi connectivity index (χ1n) is 8.95. The van der Waals surface area contributed by atoms with Crippen molar-refractivity contribution in [3.05, 3.63) is 27.7 Å². The van der Waals surface area contributed by atoms with E-state index in [-0.39, 0.29) is 23.6 Å². The smallest absolute Gasteiger partial charge is 0.262 e. The number of rotatable bonds is 7. The molecule has 0 bridgehead atoms. The largest absolute Gasteiger partial charge is 0.493 e. The Morgan fingerprint density at radius 2 is 2.15 bits per heavy atom. The van der Waals surface area contributed by atoms with Crippen LogP contribution in [0.1, 0.15) is 51.5 Å². The topological polar surface area (TPSA) is 71.3 Å². The SMILES string of the molecule is CC[C@@H](C)Oc1c(Br)cc(/C=C(/C#N)C(=O)NC2CCCC2)cc1OC. The minimum Gasteiger partial charge on any atom is -0.493 e. The van der Waals surface area contributed by atoms with Crippen LogP contribution in [0.4, 0.5) is 0 Å². The number of nitrogens with zero attached hydrogens (tertiary/aromatic N) is 1. The summed E-state index contributed by atoms with van der Waals surface area (Å²) in [4.78, 5) is 12.4. The van der Waals surface area contributed by atoms with Crippen LogP contribution in [-0.4, -0.2) is 25.2 Å². The van der Waals surface area contributed by atoms with Gasteiger partial charge >= 0.3 is 0 Å². The van der Waals surface area contributed by atoms with Gasteiger partial charge in [-0.15, -0.1) is 0 Å². The van der Waals surface area contributed by atoms with Gasteiger partial charge in [-0.1, -0.05) is 19.8 Å². The van der Waals surface area contributed by atoms with Crippen LogP contribution >= 0.6 is 15.9 Å². The van der Waals surface area contributed by atoms with E-state index in [1.165, 1.54) is 0 Å². The summed E-state index contributed by atoms with van der Waals surface area (Å²) in [5, 5.41) is 12.3. The van der Waals surface area contributed by atoms with Crippen molar-refractivity contribution in [1.82, 2.24) is 5.32 Å². The Balaban J connectivity index is 2.25. The van der Waals surface area contributed by atoms with Gasteiger partial charge in [0.1, 0.15) is 11.6 Å². The molecule has 0 aliphatic heterocycles. The summed E-state index contributed by atoms with van der Waals surface area (Å²) in [7, 11) is 1.57. The molecule has 0 radical (unpaired) electrons. The van der Waals surface area contributed by atoms with Gasteiger partial charge in [-0.2, -0.15) is 5.26 Å². The van der Waals surface area contributed by atoms with Gasteiger partial charge < -0.3 is 14.8 Å². The van der Waals surface area contributed by atoms with Gasteiger partial charge in [0.05, 0.1) is 17.7 Å². The summed E-state index contributed by atoms with van der Waals surface area (Å²) in [5.41, 5.74) is 0.782. The highest BCUT2D eigenvalue weighted by molar-refractivity contribution is 9.10. The summed E-state index contributed by atoms with van der Waals surface area (Å²) in [5.74, 6) is 0.849. The van der Waals surface area contributed by atoms with Crippen molar-refractivity contribution in [2.75, 3.05) is 7.11 Å². The Hall–Kier alpha value is -2.00. The number of amides is 1. The highest BCUT2D eigenvalue weighted by atomic mass is 79.9. The van der Waals surface area contributed by atoms with Gasteiger partial charge in [-0.3, -0.25) is 4.79 Å². The lowest BCUT2D eigenvalue weighted by molar-refractivity contribution is -0.117. The quantitative estimate of drug-likeness (QED) is 0.516. The molecule has 0 unspecified atom stereocenters. The van der Waals surface area contributed by atoms with Crippen molar-refractivity contribution >= 4 is 27.9 Å². The average molecular weight is 421 g/mol. The zero-order valence-electron chi connectivity index (χ0n) is 15.5. The molecular formula is C20H25BrN2O3. The lowest BCUT2D eigenvalue weighted by Crippen LogP contribution is -2.33. The molecule has 0 saturated heterocycles. The molecule has 1 aliphatic rings. The summed E-state index contributed by atoms with van der Waals surface area (Å²) < 4.78 is 12.0. The molecule has 1 N–H and O–H groups in total. The summed E-state index contributed by atoms with van der Waals surface area (Å²) in [6.07, 6.45) is 6.70. The van der Waals surface area contributed by atoms with E-state index in [2.05, 4.69) is 21.2 Å². The highest BCUT2D eigenvalue weighted by Crippen LogP contribution is 2.38. The van der Waals surface area contributed by atoms with Gasteiger partial charge in [-0.25, -0.2) is 0 Å². The van der Waals surface area contributed by atoms with Crippen molar-refractivity contribution in [3.63, 3.8) is 0 Å². The molecule has 1 aromatic rings. The zero-order valence-corrected chi connectivity index (χ0v) is 17.1. The maximum absolute atomic E-state index is 12.4. The fourth-order valence-corrected chi connectivity index (χ4v) is 3.42. The number of hydrogen-bond donors (Lipinski definition) is 1. The highest BCUT2D eigenvalue weighted by Gasteiger charge is 2.20. The van der Waals surface area contributed by atoms with Crippen molar-refractivity contribution < 1.29 is 14.3 Å². The Morgan fingerprint density at radius 1 is 1.46 bits per heavy atom. The third-order valence-electron chi connectivity index (χ3n) is 4.51. The first-order valence-corrected chi connectivity index (χ1v) is 9.74. The molecular weight excluding hydrogens is 396 g/mol. The second-order valence-corrected chi connectivity index (χ2v) is 7.35. The maximum atomic E-state index is 12.4. The summed E-state index contributed by atoms with van der Waals surface area (Å²) >= 11 is 3.50. The molecule has 0 aromatic heterocycles. The van der Waals surface area contributed by atoms with Crippen LogP contribution < -0.4 is 14.8 Å². The molecule has 1 saturated carbocycles. The Labute approximate surface area is 163 Å². The average Bonchev–Trinajstić information content (AvgIpc) is 3.14. The first-order chi connectivity index (χ1) is 12.5. The zero-order chi connectivity index (χ0) is 19.1. The Kier molecular flexibility index (Phi) is 7.52. The summed E-state index contributed by atoms with van der Waals surface area (Å²) in [6.45, 7) is 4.03. The predicted octanol–water partition coefficient (Wildman–Crippen LogP) is 4.60. The molecule has 1 amide bonds. The molecule has 5 nitrogen and oxygen atoms in total. The molecule has 2 rings (SSSR count). The number of ether oxygens (including phenoxy) is 2. The number of hydrogen-bond acceptors (Lipinski definition) is 4. The number of nitriles is 1. The fraction of sp³-hybridized carbons (Fsp3) is 0.500. The van der Waals surface area contributed by atoms with Crippen LogP contribution in [0.15, 0.2) is 22.2 Å². The van der Waals surface area contributed by atoms with E-state index in [0.717, 1.165) is 36.6 Å². The van der Waals surface area contributed by atoms with E-state index in [1.54, 1.807) is 19.3 Å². The number of carbonyl (C=O) groups is 1. The van der Waals surface area contributed by atoms with Gasteiger partial charge in [0.25, 0.3) is 5.91 Å². The van der Waals surface area contributed by atoms with E-state index < -0.39 is 0 Å². The van der Waals surface area contributed by atoms with Gasteiger partial charge in [0.15, 0.2) is 11.5 Å². The minimum atomic E-state index is -0.325. The number of nitrogens with one attached hydrogen (secondary N) is 1. The monoisotopic (exact) mass is 420 g/mol. The van der Waals surface area contributed by atoms with Crippen LogP contribution in [0.2, 0.25) is 0 Å². The lowest BCUT2D eigenvalue weighted by atomic mass is 10.1. The van der Waals surface area contributed by atoms with Crippen molar-refractivity contribution in [2.24, 2.45) is 0 Å². The maximum Gasteiger partial charge on any atom is 0.262 e. The third kappa shape index (κ3) is 5.25. The van der Waals surface area contributed by atoms with E-state index in [0.29, 0.717) is 17.1 Å². The Morgan fingerprint density at radius 3 is 2.73 bits per heavy atom. The van der Waals surface area contributed by atoms with Gasteiger partial charge in [0.2, 0.25) is 0 Å². The molecule has 140 valence electrons. The molecule has 1 fully saturated rings. The molecule has 6 heteroatoms. The normalized spacial score (nSPS) is 16.0. The first kappa shape index (κ1) is 20.3. The molecule has 0 heterocycles.